The predicted octanol–water partition coefficient (Wildman–Crippen LogP) is 2.69. The molecule has 1 heterocycles. The molecule has 0 N–H and O–H groups in total. The zero-order valence-electron chi connectivity index (χ0n) is 15.5. The molecule has 0 atom stereocenters. The van der Waals surface area contributed by atoms with E-state index in [1.165, 1.54) is 12.1 Å². The van der Waals surface area contributed by atoms with Crippen LogP contribution in [-0.4, -0.2) is 63.0 Å². The lowest BCUT2D eigenvalue weighted by Gasteiger charge is -2.34. The van der Waals surface area contributed by atoms with Gasteiger partial charge in [0.15, 0.2) is 14.6 Å². The Balaban J connectivity index is 1.60. The molecule has 1 saturated carbocycles. The van der Waals surface area contributed by atoms with Gasteiger partial charge < -0.3 is 14.4 Å². The van der Waals surface area contributed by atoms with Crippen molar-refractivity contribution in [3.8, 4) is 0 Å². The molecule has 1 aliphatic heterocycles. The summed E-state index contributed by atoms with van der Waals surface area (Å²) in [6, 6.07) is 6.03. The molecule has 3 rings (SSSR count). The van der Waals surface area contributed by atoms with E-state index in [0.29, 0.717) is 50.8 Å². The summed E-state index contributed by atoms with van der Waals surface area (Å²) in [4.78, 5) is 14.9. The molecule has 1 aromatic carbocycles. The Kier molecular flexibility index (Phi) is 6.46. The van der Waals surface area contributed by atoms with E-state index in [0.717, 1.165) is 12.8 Å². The van der Waals surface area contributed by atoms with Gasteiger partial charge in [-0.25, -0.2) is 8.42 Å². The SMILES string of the molecule is CCOCCOC1CCN(C(=O)C2(S(=O)(=O)c3ccc(Cl)cc3)CC2)CC1. The molecule has 0 radical (unpaired) electrons. The first-order chi connectivity index (χ1) is 12.9. The summed E-state index contributed by atoms with van der Waals surface area (Å²) in [5, 5.41) is 0.469. The number of piperidine rings is 1. The van der Waals surface area contributed by atoms with Crippen molar-refractivity contribution in [1.82, 2.24) is 4.90 Å². The molecule has 0 bridgehead atoms. The van der Waals surface area contributed by atoms with Crippen LogP contribution in [0.25, 0.3) is 0 Å². The van der Waals surface area contributed by atoms with Crippen molar-refractivity contribution in [3.63, 3.8) is 0 Å². The zero-order valence-corrected chi connectivity index (χ0v) is 17.1. The number of halogens is 1. The molecule has 1 aliphatic carbocycles. The van der Waals surface area contributed by atoms with Crippen molar-refractivity contribution in [2.45, 2.75) is 48.4 Å². The van der Waals surface area contributed by atoms with Gasteiger partial charge in [0.2, 0.25) is 5.91 Å². The maximum Gasteiger partial charge on any atom is 0.244 e. The number of nitrogens with zero attached hydrogens (tertiary/aromatic N) is 1. The number of rotatable bonds is 8. The lowest BCUT2D eigenvalue weighted by molar-refractivity contribution is -0.134. The minimum Gasteiger partial charge on any atom is -0.379 e. The van der Waals surface area contributed by atoms with Crippen molar-refractivity contribution in [2.24, 2.45) is 0 Å². The fourth-order valence-electron chi connectivity index (χ4n) is 3.48. The van der Waals surface area contributed by atoms with Crippen LogP contribution in [0, 0.1) is 0 Å². The maximum absolute atomic E-state index is 13.0. The number of ether oxygens (including phenoxy) is 2. The molecule has 8 heteroatoms. The monoisotopic (exact) mass is 415 g/mol. The van der Waals surface area contributed by atoms with Gasteiger partial charge in [-0.15, -0.1) is 0 Å². The van der Waals surface area contributed by atoms with E-state index in [-0.39, 0.29) is 16.9 Å². The van der Waals surface area contributed by atoms with Crippen molar-refractivity contribution < 1.29 is 22.7 Å². The molecular weight excluding hydrogens is 390 g/mol. The van der Waals surface area contributed by atoms with Crippen molar-refractivity contribution >= 4 is 27.3 Å². The van der Waals surface area contributed by atoms with Crippen LogP contribution in [-0.2, 0) is 24.1 Å². The average molecular weight is 416 g/mol. The topological polar surface area (TPSA) is 72.9 Å². The second kappa shape index (κ2) is 8.47. The van der Waals surface area contributed by atoms with Crippen LogP contribution in [0.5, 0.6) is 0 Å². The Labute approximate surface area is 165 Å². The quantitative estimate of drug-likeness (QED) is 0.610. The summed E-state index contributed by atoms with van der Waals surface area (Å²) in [7, 11) is -3.72. The first kappa shape index (κ1) is 20.6. The van der Waals surface area contributed by atoms with Crippen molar-refractivity contribution in [1.29, 1.82) is 0 Å². The predicted molar refractivity (Wildman–Crippen MR) is 103 cm³/mol. The number of sulfone groups is 1. The van der Waals surface area contributed by atoms with Crippen molar-refractivity contribution in [3.05, 3.63) is 29.3 Å². The average Bonchev–Trinajstić information content (AvgIpc) is 3.48. The molecule has 6 nitrogen and oxygen atoms in total. The minimum absolute atomic E-state index is 0.0949. The van der Waals surface area contributed by atoms with Gasteiger partial charge in [0.1, 0.15) is 0 Å². The molecule has 1 saturated heterocycles. The van der Waals surface area contributed by atoms with Crippen LogP contribution in [0.15, 0.2) is 29.2 Å². The van der Waals surface area contributed by atoms with Gasteiger partial charge in [0.05, 0.1) is 24.2 Å². The van der Waals surface area contributed by atoms with E-state index in [2.05, 4.69) is 0 Å². The minimum atomic E-state index is -3.72. The molecule has 150 valence electrons. The fourth-order valence-corrected chi connectivity index (χ4v) is 5.55. The second-order valence-electron chi connectivity index (χ2n) is 7.01. The van der Waals surface area contributed by atoms with Crippen LogP contribution in [0.3, 0.4) is 0 Å². The van der Waals surface area contributed by atoms with Gasteiger partial charge in [-0.2, -0.15) is 0 Å². The normalized spacial score (nSPS) is 19.9. The smallest absolute Gasteiger partial charge is 0.244 e. The summed E-state index contributed by atoms with van der Waals surface area (Å²) in [6.45, 7) is 4.77. The van der Waals surface area contributed by atoms with E-state index in [4.69, 9.17) is 21.1 Å². The number of carbonyl (C=O) groups is 1. The molecule has 2 aliphatic rings. The highest BCUT2D eigenvalue weighted by molar-refractivity contribution is 7.94. The molecule has 2 fully saturated rings. The molecule has 0 aromatic heterocycles. The number of benzene rings is 1. The summed E-state index contributed by atoms with van der Waals surface area (Å²) in [5.74, 6) is -0.273. The number of amides is 1. The van der Waals surface area contributed by atoms with Gasteiger partial charge in [0.25, 0.3) is 0 Å². The number of hydrogen-bond donors (Lipinski definition) is 0. The second-order valence-corrected chi connectivity index (χ2v) is 9.71. The first-order valence-electron chi connectivity index (χ1n) is 9.39. The zero-order chi connectivity index (χ0) is 19.5. The van der Waals surface area contributed by atoms with Gasteiger partial charge >= 0.3 is 0 Å². The van der Waals surface area contributed by atoms with Gasteiger partial charge in [-0.05, 0) is 56.9 Å². The lowest BCUT2D eigenvalue weighted by atomic mass is 10.1. The van der Waals surface area contributed by atoms with Gasteiger partial charge in [-0.1, -0.05) is 11.6 Å². The van der Waals surface area contributed by atoms with Gasteiger partial charge in [-0.3, -0.25) is 4.79 Å². The van der Waals surface area contributed by atoms with E-state index in [1.807, 2.05) is 6.92 Å². The standard InChI is InChI=1S/C19H26ClNO5S/c1-2-25-13-14-26-16-7-11-21(12-8-16)18(22)19(9-10-19)27(23,24)17-5-3-15(20)4-6-17/h3-6,16H,2,7-14H2,1H3. The molecule has 1 amide bonds. The fraction of sp³-hybridized carbons (Fsp3) is 0.632. The third-order valence-corrected chi connectivity index (χ3v) is 8.00. The highest BCUT2D eigenvalue weighted by Gasteiger charge is 2.62. The Morgan fingerprint density at radius 1 is 1.19 bits per heavy atom. The molecular formula is C19H26ClNO5S. The third-order valence-electron chi connectivity index (χ3n) is 5.25. The Morgan fingerprint density at radius 3 is 2.37 bits per heavy atom. The van der Waals surface area contributed by atoms with E-state index >= 15 is 0 Å². The molecule has 27 heavy (non-hydrogen) atoms. The largest absolute Gasteiger partial charge is 0.379 e. The summed E-state index contributed by atoms with van der Waals surface area (Å²) >= 11 is 5.85. The third kappa shape index (κ3) is 4.31. The van der Waals surface area contributed by atoms with Crippen molar-refractivity contribution in [2.75, 3.05) is 32.9 Å². The molecule has 1 aromatic rings. The van der Waals surface area contributed by atoms with Crippen LogP contribution in [0.1, 0.15) is 32.6 Å². The van der Waals surface area contributed by atoms with Crippen LogP contribution in [0.4, 0.5) is 0 Å². The van der Waals surface area contributed by atoms with E-state index < -0.39 is 14.6 Å². The Bertz CT molecular complexity index is 753. The van der Waals surface area contributed by atoms with E-state index in [1.54, 1.807) is 17.0 Å². The lowest BCUT2D eigenvalue weighted by Crippen LogP contribution is -2.49. The molecule has 0 spiro atoms. The van der Waals surface area contributed by atoms with E-state index in [9.17, 15) is 13.2 Å². The highest BCUT2D eigenvalue weighted by Crippen LogP contribution is 2.48. The van der Waals surface area contributed by atoms with Gasteiger partial charge in [0, 0.05) is 24.7 Å². The number of carbonyl (C=O) groups excluding carboxylic acids is 1. The summed E-state index contributed by atoms with van der Waals surface area (Å²) in [5.41, 5.74) is 0. The maximum atomic E-state index is 13.0. The first-order valence-corrected chi connectivity index (χ1v) is 11.3. The Morgan fingerprint density at radius 2 is 1.81 bits per heavy atom. The highest BCUT2D eigenvalue weighted by atomic mass is 35.5. The summed E-state index contributed by atoms with van der Waals surface area (Å²) in [6.07, 6.45) is 2.28. The number of likely N-dealkylation sites (tertiary alicyclic amines) is 1. The Hall–Kier alpha value is -1.15. The van der Waals surface area contributed by atoms with Crippen LogP contribution < -0.4 is 0 Å². The van der Waals surface area contributed by atoms with Crippen LogP contribution in [0.2, 0.25) is 5.02 Å². The molecule has 0 unspecified atom stereocenters. The number of hydrogen-bond acceptors (Lipinski definition) is 5. The van der Waals surface area contributed by atoms with Crippen LogP contribution >= 0.6 is 11.6 Å². The summed E-state index contributed by atoms with van der Waals surface area (Å²) < 4.78 is 35.8.